The van der Waals surface area contributed by atoms with Crippen LogP contribution in [0.1, 0.15) is 50.8 Å². The Morgan fingerprint density at radius 1 is 1.33 bits per heavy atom. The smallest absolute Gasteiger partial charge is 0.220 e. The van der Waals surface area contributed by atoms with E-state index in [1.54, 1.807) is 18.4 Å². The molecule has 6 nitrogen and oxygen atoms in total. The number of thiophene rings is 1. The van der Waals surface area contributed by atoms with Gasteiger partial charge in [0.15, 0.2) is 6.29 Å². The molecule has 3 aliphatic rings. The highest BCUT2D eigenvalue weighted by Crippen LogP contribution is 2.62. The molecule has 2 heterocycles. The highest BCUT2D eigenvalue weighted by atomic mass is 32.1. The van der Waals surface area contributed by atoms with Crippen molar-refractivity contribution in [1.29, 1.82) is 0 Å². The molecule has 7 heteroatoms. The topological polar surface area (TPSA) is 77.0 Å². The van der Waals surface area contributed by atoms with Gasteiger partial charge in [-0.3, -0.25) is 4.79 Å². The first-order valence-electron chi connectivity index (χ1n) is 11.1. The molecule has 0 bridgehead atoms. The quantitative estimate of drug-likeness (QED) is 0.714. The van der Waals surface area contributed by atoms with Gasteiger partial charge in [0.05, 0.1) is 32.0 Å². The third kappa shape index (κ3) is 4.07. The van der Waals surface area contributed by atoms with Crippen LogP contribution in [-0.4, -0.2) is 49.8 Å². The van der Waals surface area contributed by atoms with Crippen molar-refractivity contribution in [3.05, 3.63) is 22.4 Å². The number of aliphatic hydroxyl groups is 1. The summed E-state index contributed by atoms with van der Waals surface area (Å²) in [6, 6.07) is 4.02. The molecule has 0 aromatic carbocycles. The SMILES string of the molecule is COC[C@@H]1OC[C@@]2(C)[C@H]3CC[C@@H](O)[C@@H](CC(=O)NCc4cccs4)[C@]3(C)CC[C@@H]2O1. The second-order valence-corrected chi connectivity index (χ2v) is 10.8. The van der Waals surface area contributed by atoms with E-state index in [9.17, 15) is 9.90 Å². The van der Waals surface area contributed by atoms with Crippen LogP contribution in [-0.2, 0) is 25.5 Å². The zero-order valence-corrected chi connectivity index (χ0v) is 19.1. The molecule has 0 unspecified atom stereocenters. The Bertz CT molecular complexity index is 727. The molecule has 1 aliphatic heterocycles. The predicted octanol–water partition coefficient (Wildman–Crippen LogP) is 3.34. The second-order valence-electron chi connectivity index (χ2n) is 9.73. The maximum Gasteiger partial charge on any atom is 0.220 e. The first-order valence-corrected chi connectivity index (χ1v) is 12.0. The summed E-state index contributed by atoms with van der Waals surface area (Å²) in [6.07, 6.45) is 3.31. The summed E-state index contributed by atoms with van der Waals surface area (Å²) >= 11 is 1.64. The number of rotatable bonds is 6. The summed E-state index contributed by atoms with van der Waals surface area (Å²) < 4.78 is 17.5. The number of hydrogen-bond donors (Lipinski definition) is 2. The lowest BCUT2D eigenvalue weighted by Crippen LogP contribution is -2.63. The number of carbonyl (C=O) groups is 1. The van der Waals surface area contributed by atoms with Crippen molar-refractivity contribution in [2.75, 3.05) is 20.3 Å². The van der Waals surface area contributed by atoms with Gasteiger partial charge in [0.1, 0.15) is 0 Å². The Hall–Kier alpha value is -0.990. The number of fused-ring (bicyclic) bond motifs is 3. The van der Waals surface area contributed by atoms with Crippen LogP contribution in [0.2, 0.25) is 0 Å². The first-order chi connectivity index (χ1) is 14.4. The third-order valence-electron chi connectivity index (χ3n) is 7.98. The first kappa shape index (κ1) is 22.2. The van der Waals surface area contributed by atoms with Crippen molar-refractivity contribution in [2.24, 2.45) is 22.7 Å². The molecule has 1 aromatic heterocycles. The van der Waals surface area contributed by atoms with Gasteiger partial charge >= 0.3 is 0 Å². The molecule has 30 heavy (non-hydrogen) atoms. The van der Waals surface area contributed by atoms with Crippen molar-refractivity contribution in [3.63, 3.8) is 0 Å². The molecule has 1 saturated heterocycles. The van der Waals surface area contributed by atoms with Gasteiger partial charge in [-0.1, -0.05) is 19.9 Å². The van der Waals surface area contributed by atoms with E-state index in [0.717, 1.165) is 30.6 Å². The van der Waals surface area contributed by atoms with Crippen molar-refractivity contribution in [3.8, 4) is 0 Å². The lowest BCUT2D eigenvalue weighted by molar-refractivity contribution is -0.315. The van der Waals surface area contributed by atoms with Crippen LogP contribution >= 0.6 is 11.3 Å². The molecule has 0 spiro atoms. The summed E-state index contributed by atoms with van der Waals surface area (Å²) in [5.41, 5.74) is -0.215. The number of methoxy groups -OCH3 is 1. The Morgan fingerprint density at radius 3 is 2.90 bits per heavy atom. The minimum absolute atomic E-state index is 0.0258. The van der Waals surface area contributed by atoms with Crippen LogP contribution in [0.4, 0.5) is 0 Å². The molecule has 2 aliphatic carbocycles. The number of carbonyl (C=O) groups excluding carboxylic acids is 1. The maximum absolute atomic E-state index is 12.8. The largest absolute Gasteiger partial charge is 0.393 e. The fourth-order valence-electron chi connectivity index (χ4n) is 6.38. The number of ether oxygens (including phenoxy) is 3. The molecule has 3 fully saturated rings. The second kappa shape index (κ2) is 8.87. The monoisotopic (exact) mass is 437 g/mol. The number of amides is 1. The van der Waals surface area contributed by atoms with Crippen LogP contribution in [0, 0.1) is 22.7 Å². The Kier molecular flexibility index (Phi) is 6.56. The van der Waals surface area contributed by atoms with Crippen LogP contribution < -0.4 is 5.32 Å². The molecule has 168 valence electrons. The normalized spacial score (nSPS) is 41.0. The Balaban J connectivity index is 1.46. The molecular formula is C23H35NO5S. The molecule has 2 saturated carbocycles. The zero-order valence-electron chi connectivity index (χ0n) is 18.3. The highest BCUT2D eigenvalue weighted by Gasteiger charge is 2.61. The summed E-state index contributed by atoms with van der Waals surface area (Å²) in [4.78, 5) is 13.9. The lowest BCUT2D eigenvalue weighted by Gasteiger charge is -2.62. The minimum atomic E-state index is -0.439. The number of hydrogen-bond acceptors (Lipinski definition) is 6. The molecule has 4 rings (SSSR count). The van der Waals surface area contributed by atoms with Gasteiger partial charge in [0, 0.05) is 23.8 Å². The van der Waals surface area contributed by atoms with E-state index in [4.69, 9.17) is 14.2 Å². The summed E-state index contributed by atoms with van der Waals surface area (Å²) in [5.74, 6) is 0.331. The number of aliphatic hydroxyl groups excluding tert-OH is 1. The highest BCUT2D eigenvalue weighted by molar-refractivity contribution is 7.09. The zero-order chi connectivity index (χ0) is 21.4. The van der Waals surface area contributed by atoms with Gasteiger partial charge in [-0.15, -0.1) is 11.3 Å². The summed E-state index contributed by atoms with van der Waals surface area (Å²) in [5, 5.41) is 16.0. The van der Waals surface area contributed by atoms with E-state index >= 15 is 0 Å². The predicted molar refractivity (Wildman–Crippen MR) is 115 cm³/mol. The molecule has 0 radical (unpaired) electrons. The van der Waals surface area contributed by atoms with Gasteiger partial charge in [-0.05, 0) is 54.4 Å². The van der Waals surface area contributed by atoms with Gasteiger partial charge < -0.3 is 24.6 Å². The Morgan fingerprint density at radius 2 is 2.17 bits per heavy atom. The standard InChI is InChI=1S/C23H35NO5S/c1-22-9-8-19-23(2,14-28-21(29-19)13-27-3)18(22)7-6-17(25)16(22)11-20(26)24-12-15-5-4-10-30-15/h4-5,10,16-19,21,25H,6-9,11-14H2,1-3H3,(H,24,26)/t16-,17-,18+,19+,21-,22+,23+/m1/s1. The van der Waals surface area contributed by atoms with E-state index in [2.05, 4.69) is 19.2 Å². The number of nitrogens with one attached hydrogen (secondary N) is 1. The van der Waals surface area contributed by atoms with Crippen LogP contribution in [0.15, 0.2) is 17.5 Å². The van der Waals surface area contributed by atoms with E-state index in [0.29, 0.717) is 32.1 Å². The lowest BCUT2D eigenvalue weighted by atomic mass is 9.46. The van der Waals surface area contributed by atoms with Crippen LogP contribution in [0.5, 0.6) is 0 Å². The van der Waals surface area contributed by atoms with Crippen molar-refractivity contribution in [2.45, 2.75) is 71.0 Å². The van der Waals surface area contributed by atoms with E-state index in [-0.39, 0.29) is 35.0 Å². The van der Waals surface area contributed by atoms with Gasteiger partial charge in [-0.25, -0.2) is 0 Å². The fourth-order valence-corrected chi connectivity index (χ4v) is 7.03. The van der Waals surface area contributed by atoms with Crippen molar-refractivity contribution < 1.29 is 24.1 Å². The fraction of sp³-hybridized carbons (Fsp3) is 0.783. The van der Waals surface area contributed by atoms with Gasteiger partial charge in [0.2, 0.25) is 5.91 Å². The molecule has 1 amide bonds. The van der Waals surface area contributed by atoms with Gasteiger partial charge in [-0.2, -0.15) is 0 Å². The average Bonchev–Trinajstić information content (AvgIpc) is 3.23. The molecule has 7 atom stereocenters. The van der Waals surface area contributed by atoms with Crippen molar-refractivity contribution >= 4 is 17.2 Å². The Labute approximate surface area is 183 Å². The molecule has 1 aromatic rings. The minimum Gasteiger partial charge on any atom is -0.393 e. The van der Waals surface area contributed by atoms with E-state index in [1.807, 2.05) is 17.5 Å². The molecular weight excluding hydrogens is 402 g/mol. The van der Waals surface area contributed by atoms with Crippen LogP contribution in [0.25, 0.3) is 0 Å². The summed E-state index contributed by atoms with van der Waals surface area (Å²) in [6.45, 7) is 6.19. The third-order valence-corrected chi connectivity index (χ3v) is 8.86. The van der Waals surface area contributed by atoms with Gasteiger partial charge in [0.25, 0.3) is 0 Å². The average molecular weight is 438 g/mol. The van der Waals surface area contributed by atoms with Crippen LogP contribution in [0.3, 0.4) is 0 Å². The maximum atomic E-state index is 12.8. The van der Waals surface area contributed by atoms with E-state index < -0.39 is 6.10 Å². The summed E-state index contributed by atoms with van der Waals surface area (Å²) in [7, 11) is 1.66. The van der Waals surface area contributed by atoms with Crippen molar-refractivity contribution in [1.82, 2.24) is 5.32 Å². The van der Waals surface area contributed by atoms with E-state index in [1.165, 1.54) is 0 Å². The molecule has 2 N–H and O–H groups in total.